The normalized spacial score (nSPS) is 17.6. The molecule has 0 radical (unpaired) electrons. The number of carbonyl (C=O) groups is 3. The van der Waals surface area contributed by atoms with Crippen LogP contribution in [0, 0.1) is 17.8 Å². The van der Waals surface area contributed by atoms with E-state index in [2.05, 4.69) is 15.6 Å². The van der Waals surface area contributed by atoms with Crippen LogP contribution < -0.4 is 10.6 Å². The Balaban J connectivity index is 2.20. The maximum Gasteiger partial charge on any atom is 0.413 e. The van der Waals surface area contributed by atoms with Crippen molar-refractivity contribution in [2.45, 2.75) is 120 Å². The molecule has 1 aliphatic rings. The zero-order valence-corrected chi connectivity index (χ0v) is 28.6. The quantitative estimate of drug-likeness (QED) is 0.134. The molecule has 0 aromatic carbocycles. The van der Waals surface area contributed by atoms with Crippen LogP contribution in [0.2, 0.25) is 0 Å². The molecule has 246 valence electrons. The van der Waals surface area contributed by atoms with Gasteiger partial charge in [-0.25, -0.2) is 9.78 Å². The van der Waals surface area contributed by atoms with Crippen LogP contribution in [-0.4, -0.2) is 67.4 Å². The number of aliphatic hydroxyl groups excluding tert-OH is 2. The summed E-state index contributed by atoms with van der Waals surface area (Å²) in [7, 11) is 0. The Morgan fingerprint density at radius 3 is 2.33 bits per heavy atom. The fourth-order valence-corrected chi connectivity index (χ4v) is 5.97. The average molecular weight is 687 g/mol. The van der Waals surface area contributed by atoms with Crippen LogP contribution in [0.25, 0.3) is 0 Å². The molecule has 4 atom stereocenters. The number of nitrogens with one attached hydrogen (secondary N) is 2. The van der Waals surface area contributed by atoms with Crippen LogP contribution in [0.3, 0.4) is 0 Å². The molecule has 3 unspecified atom stereocenters. The van der Waals surface area contributed by atoms with E-state index in [0.717, 1.165) is 37.0 Å². The van der Waals surface area contributed by atoms with Crippen LogP contribution in [0.4, 0.5) is 9.93 Å². The number of aliphatic hydroxyl groups is 2. The molecule has 1 heterocycles. The Morgan fingerprint density at radius 2 is 1.74 bits per heavy atom. The first kappa shape index (κ1) is 37.8. The molecule has 10 nitrogen and oxygen atoms in total. The van der Waals surface area contributed by atoms with Crippen molar-refractivity contribution in [3.63, 3.8) is 0 Å². The fourth-order valence-electron chi connectivity index (χ4n) is 5.09. The summed E-state index contributed by atoms with van der Waals surface area (Å²) in [4.78, 5) is 42.9. The third-order valence-electron chi connectivity index (χ3n) is 6.94. The summed E-state index contributed by atoms with van der Waals surface area (Å²) in [5.74, 6) is -1.54. The lowest BCUT2D eigenvalue weighted by molar-refractivity contribution is -0.157. The molecule has 1 aliphatic carbocycles. The highest BCUT2D eigenvalue weighted by atomic mass is 35.6. The minimum Gasteiger partial charge on any atom is -0.460 e. The molecule has 0 aliphatic heterocycles. The molecule has 2 rings (SSSR count). The standard InChI is InChI=1S/C29H46Cl3N3O7S/c1-17(2)11-21(36)24(22(37)12-18-9-7-6-8-10-18)34-25(39)19(14-23(38)42-28(3,4)5)13-20-15-43-26(33-20)35-27(40)41-16-29(30,31)32/h15,17-19,21-22,24,36-37H,6-14,16H2,1-5H3,(H,34,39)(H,33,35,40)/t19-,21?,22?,24?/m1/s1. The third-order valence-corrected chi connectivity index (χ3v) is 8.07. The maximum absolute atomic E-state index is 13.7. The Bertz CT molecular complexity index is 1040. The molecular formula is C29H46Cl3N3O7S. The van der Waals surface area contributed by atoms with E-state index in [1.807, 2.05) is 13.8 Å². The summed E-state index contributed by atoms with van der Waals surface area (Å²) in [5.41, 5.74) is -0.317. The minimum atomic E-state index is -1.77. The van der Waals surface area contributed by atoms with Crippen molar-refractivity contribution < 1.29 is 34.1 Å². The highest BCUT2D eigenvalue weighted by Gasteiger charge is 2.35. The molecule has 1 aromatic rings. The van der Waals surface area contributed by atoms with Crippen molar-refractivity contribution >= 4 is 69.2 Å². The van der Waals surface area contributed by atoms with E-state index >= 15 is 0 Å². The summed E-state index contributed by atoms with van der Waals surface area (Å²) in [6.45, 7) is 8.67. The summed E-state index contributed by atoms with van der Waals surface area (Å²) in [5, 5.41) is 29.4. The molecule has 1 saturated carbocycles. The van der Waals surface area contributed by atoms with E-state index < -0.39 is 58.1 Å². The second-order valence-corrected chi connectivity index (χ2v) is 16.1. The van der Waals surface area contributed by atoms with Crippen LogP contribution in [0.5, 0.6) is 0 Å². The van der Waals surface area contributed by atoms with Gasteiger partial charge >= 0.3 is 12.1 Å². The van der Waals surface area contributed by atoms with Gasteiger partial charge in [0.05, 0.1) is 36.3 Å². The monoisotopic (exact) mass is 685 g/mol. The molecule has 14 heteroatoms. The first-order valence-electron chi connectivity index (χ1n) is 14.7. The van der Waals surface area contributed by atoms with Crippen molar-refractivity contribution in [2.24, 2.45) is 17.8 Å². The van der Waals surface area contributed by atoms with Gasteiger partial charge in [-0.15, -0.1) is 11.3 Å². The highest BCUT2D eigenvalue weighted by molar-refractivity contribution is 7.13. The third kappa shape index (κ3) is 15.5. The van der Waals surface area contributed by atoms with Crippen molar-refractivity contribution in [3.8, 4) is 0 Å². The number of anilines is 1. The number of thiazole rings is 1. The maximum atomic E-state index is 13.7. The fraction of sp³-hybridized carbons (Fsp3) is 0.793. The number of hydrogen-bond acceptors (Lipinski definition) is 9. The largest absolute Gasteiger partial charge is 0.460 e. The Morgan fingerprint density at radius 1 is 1.09 bits per heavy atom. The van der Waals surface area contributed by atoms with Crippen LogP contribution >= 0.6 is 46.1 Å². The molecule has 4 N–H and O–H groups in total. The lowest BCUT2D eigenvalue weighted by Crippen LogP contribution is -2.53. The van der Waals surface area contributed by atoms with E-state index in [4.69, 9.17) is 44.3 Å². The summed E-state index contributed by atoms with van der Waals surface area (Å²) >= 11 is 17.9. The molecule has 0 bridgehead atoms. The zero-order valence-electron chi connectivity index (χ0n) is 25.5. The highest BCUT2D eigenvalue weighted by Crippen LogP contribution is 2.30. The number of rotatable bonds is 14. The van der Waals surface area contributed by atoms with Crippen molar-refractivity contribution in [1.82, 2.24) is 10.3 Å². The van der Waals surface area contributed by atoms with Crippen LogP contribution in [-0.2, 0) is 25.5 Å². The first-order valence-corrected chi connectivity index (χ1v) is 16.8. The Kier molecular flexibility index (Phi) is 15.3. The van der Waals surface area contributed by atoms with Gasteiger partial charge in [0, 0.05) is 11.8 Å². The van der Waals surface area contributed by atoms with E-state index in [9.17, 15) is 24.6 Å². The van der Waals surface area contributed by atoms with Crippen molar-refractivity contribution in [3.05, 3.63) is 11.1 Å². The van der Waals surface area contributed by atoms with Gasteiger partial charge in [-0.2, -0.15) is 0 Å². The Hall–Kier alpha value is -1.37. The first-order chi connectivity index (χ1) is 19.9. The van der Waals surface area contributed by atoms with Gasteiger partial charge in [-0.1, -0.05) is 80.8 Å². The lowest BCUT2D eigenvalue weighted by atomic mass is 9.82. The second-order valence-electron chi connectivity index (χ2n) is 12.7. The predicted molar refractivity (Wildman–Crippen MR) is 170 cm³/mol. The van der Waals surface area contributed by atoms with Crippen LogP contribution in [0.15, 0.2) is 5.38 Å². The van der Waals surface area contributed by atoms with E-state index in [1.165, 1.54) is 6.42 Å². The predicted octanol–water partition coefficient (Wildman–Crippen LogP) is 6.18. The Labute approximate surface area is 273 Å². The minimum absolute atomic E-state index is 0.0399. The summed E-state index contributed by atoms with van der Waals surface area (Å²) in [6, 6.07) is -0.904. The smallest absolute Gasteiger partial charge is 0.413 e. The summed E-state index contributed by atoms with van der Waals surface area (Å²) in [6.07, 6.45) is 3.28. The van der Waals surface area contributed by atoms with Gasteiger partial charge in [0.2, 0.25) is 9.70 Å². The molecule has 43 heavy (non-hydrogen) atoms. The van der Waals surface area contributed by atoms with E-state index in [1.54, 1.807) is 26.2 Å². The van der Waals surface area contributed by atoms with E-state index in [0.29, 0.717) is 24.5 Å². The second kappa shape index (κ2) is 17.4. The van der Waals surface area contributed by atoms with Crippen LogP contribution in [0.1, 0.15) is 91.7 Å². The van der Waals surface area contributed by atoms with E-state index in [-0.39, 0.29) is 23.9 Å². The number of halogens is 3. The number of nitrogens with zero attached hydrogens (tertiary/aromatic N) is 1. The zero-order chi connectivity index (χ0) is 32.4. The SMILES string of the molecule is CC(C)CC(O)C(NC(=O)[C@@H](CC(=O)OC(C)(C)C)Cc1csc(NC(=O)OCC(Cl)(Cl)Cl)n1)C(O)CC1CCCCC1. The van der Waals surface area contributed by atoms with Crippen molar-refractivity contribution in [2.75, 3.05) is 11.9 Å². The molecule has 0 saturated heterocycles. The number of carbonyl (C=O) groups excluding carboxylic acids is 3. The van der Waals surface area contributed by atoms with Gasteiger partial charge in [-0.05, 0) is 45.4 Å². The number of ether oxygens (including phenoxy) is 2. The molecule has 1 fully saturated rings. The number of esters is 1. The van der Waals surface area contributed by atoms with Gasteiger partial charge in [0.25, 0.3) is 0 Å². The number of amides is 2. The molecule has 0 spiro atoms. The summed E-state index contributed by atoms with van der Waals surface area (Å²) < 4.78 is 8.57. The molecule has 1 aromatic heterocycles. The number of alkyl halides is 3. The topological polar surface area (TPSA) is 147 Å². The van der Waals surface area contributed by atoms with Gasteiger partial charge in [-0.3, -0.25) is 14.9 Å². The molecular weight excluding hydrogens is 641 g/mol. The lowest BCUT2D eigenvalue weighted by Gasteiger charge is -2.33. The van der Waals surface area contributed by atoms with Gasteiger partial charge in [0.1, 0.15) is 12.2 Å². The molecule has 2 amide bonds. The number of hydrogen-bond donors (Lipinski definition) is 4. The van der Waals surface area contributed by atoms with Gasteiger partial charge < -0.3 is 25.0 Å². The number of aromatic nitrogens is 1. The van der Waals surface area contributed by atoms with Crippen molar-refractivity contribution in [1.29, 1.82) is 0 Å². The van der Waals surface area contributed by atoms with Gasteiger partial charge in [0.15, 0.2) is 5.13 Å². The average Bonchev–Trinajstić information content (AvgIpc) is 3.30.